The minimum atomic E-state index is -0.765. The molecule has 0 saturated heterocycles. The van der Waals surface area contributed by atoms with Crippen LogP contribution in [0.4, 0.5) is 0 Å². The molecule has 0 aliphatic heterocycles. The van der Waals surface area contributed by atoms with Gasteiger partial charge in [-0.05, 0) is 28.9 Å². The van der Waals surface area contributed by atoms with Gasteiger partial charge in [0, 0.05) is 17.1 Å². The van der Waals surface area contributed by atoms with Gasteiger partial charge in [-0.15, -0.1) is 5.10 Å². The standard InChI is InChI=1S/C11H11Br2N3O/c1-6-3-4-8(12)7(5-6)10(17)9-11(13)14-15-16(9)2/h3-5,10,17H,1-2H3. The summed E-state index contributed by atoms with van der Waals surface area (Å²) in [6.45, 7) is 1.99. The Labute approximate surface area is 116 Å². The zero-order valence-electron chi connectivity index (χ0n) is 9.35. The Bertz CT molecular complexity index is 534. The Morgan fingerprint density at radius 1 is 1.35 bits per heavy atom. The van der Waals surface area contributed by atoms with Crippen LogP contribution in [0.2, 0.25) is 0 Å². The number of aromatic nitrogens is 3. The maximum atomic E-state index is 10.4. The fraction of sp³-hybridized carbons (Fsp3) is 0.273. The molecule has 1 atom stereocenters. The molecule has 0 radical (unpaired) electrons. The van der Waals surface area contributed by atoms with E-state index in [4.69, 9.17) is 0 Å². The van der Waals surface area contributed by atoms with Crippen molar-refractivity contribution in [2.24, 2.45) is 7.05 Å². The van der Waals surface area contributed by atoms with Gasteiger partial charge in [0.05, 0.1) is 0 Å². The van der Waals surface area contributed by atoms with E-state index in [9.17, 15) is 5.11 Å². The molecule has 1 unspecified atom stereocenters. The molecule has 17 heavy (non-hydrogen) atoms. The molecule has 2 rings (SSSR count). The normalized spacial score (nSPS) is 12.8. The second-order valence-electron chi connectivity index (χ2n) is 3.82. The largest absolute Gasteiger partial charge is 0.382 e. The van der Waals surface area contributed by atoms with Crippen molar-refractivity contribution < 1.29 is 5.11 Å². The molecule has 0 amide bonds. The average molecular weight is 361 g/mol. The topological polar surface area (TPSA) is 50.9 Å². The van der Waals surface area contributed by atoms with Gasteiger partial charge in [-0.2, -0.15) is 0 Å². The second kappa shape index (κ2) is 4.88. The first kappa shape index (κ1) is 12.7. The lowest BCUT2D eigenvalue weighted by molar-refractivity contribution is 0.208. The first-order chi connectivity index (χ1) is 8.00. The predicted octanol–water partition coefficient (Wildman–Crippen LogP) is 2.73. The van der Waals surface area contributed by atoms with E-state index >= 15 is 0 Å². The van der Waals surface area contributed by atoms with Gasteiger partial charge in [0.25, 0.3) is 0 Å². The Morgan fingerprint density at radius 3 is 2.65 bits per heavy atom. The van der Waals surface area contributed by atoms with Crippen LogP contribution in [0.25, 0.3) is 0 Å². The lowest BCUT2D eigenvalue weighted by atomic mass is 10.0. The molecule has 0 spiro atoms. The van der Waals surface area contributed by atoms with Gasteiger partial charge in [0.1, 0.15) is 11.8 Å². The van der Waals surface area contributed by atoms with E-state index in [2.05, 4.69) is 42.2 Å². The van der Waals surface area contributed by atoms with E-state index in [1.165, 1.54) is 0 Å². The van der Waals surface area contributed by atoms with Crippen molar-refractivity contribution in [3.63, 3.8) is 0 Å². The molecular formula is C11H11Br2N3O. The van der Waals surface area contributed by atoms with Crippen LogP contribution < -0.4 is 0 Å². The summed E-state index contributed by atoms with van der Waals surface area (Å²) in [4.78, 5) is 0. The van der Waals surface area contributed by atoms with Crippen molar-refractivity contribution in [2.45, 2.75) is 13.0 Å². The molecule has 0 aliphatic carbocycles. The SMILES string of the molecule is Cc1ccc(Br)c(C(O)c2c(Br)nnn2C)c1. The van der Waals surface area contributed by atoms with Gasteiger partial charge in [0.2, 0.25) is 0 Å². The summed E-state index contributed by atoms with van der Waals surface area (Å²) < 4.78 is 2.98. The molecule has 1 aromatic carbocycles. The summed E-state index contributed by atoms with van der Waals surface area (Å²) in [6, 6.07) is 5.84. The molecule has 1 aromatic heterocycles. The van der Waals surface area contributed by atoms with Crippen LogP contribution in [0.3, 0.4) is 0 Å². The van der Waals surface area contributed by atoms with Crippen molar-refractivity contribution in [2.75, 3.05) is 0 Å². The second-order valence-corrected chi connectivity index (χ2v) is 5.42. The molecular weight excluding hydrogens is 350 g/mol. The first-order valence-corrected chi connectivity index (χ1v) is 6.58. The van der Waals surface area contributed by atoms with Crippen molar-refractivity contribution in [1.29, 1.82) is 0 Å². The van der Waals surface area contributed by atoms with Crippen LogP contribution >= 0.6 is 31.9 Å². The number of hydrogen-bond acceptors (Lipinski definition) is 3. The summed E-state index contributed by atoms with van der Waals surface area (Å²) in [5.74, 6) is 0. The van der Waals surface area contributed by atoms with Gasteiger partial charge < -0.3 is 5.11 Å². The molecule has 90 valence electrons. The summed E-state index contributed by atoms with van der Waals surface area (Å²) in [5, 5.41) is 18.1. The van der Waals surface area contributed by atoms with Crippen LogP contribution in [0, 0.1) is 6.92 Å². The Morgan fingerprint density at radius 2 is 2.06 bits per heavy atom. The Kier molecular flexibility index (Phi) is 3.65. The molecule has 4 nitrogen and oxygen atoms in total. The maximum absolute atomic E-state index is 10.4. The highest BCUT2D eigenvalue weighted by molar-refractivity contribution is 9.10. The van der Waals surface area contributed by atoms with Gasteiger partial charge >= 0.3 is 0 Å². The zero-order valence-corrected chi connectivity index (χ0v) is 12.5. The summed E-state index contributed by atoms with van der Waals surface area (Å²) in [6.07, 6.45) is -0.765. The number of aliphatic hydroxyl groups excluding tert-OH is 1. The van der Waals surface area contributed by atoms with E-state index in [1.807, 2.05) is 25.1 Å². The number of benzene rings is 1. The van der Waals surface area contributed by atoms with Gasteiger partial charge in [0.15, 0.2) is 4.60 Å². The summed E-state index contributed by atoms with van der Waals surface area (Å²) in [7, 11) is 1.75. The number of aliphatic hydroxyl groups is 1. The van der Waals surface area contributed by atoms with Crippen LogP contribution in [0.5, 0.6) is 0 Å². The Balaban J connectivity index is 2.50. The van der Waals surface area contributed by atoms with Crippen molar-refractivity contribution in [1.82, 2.24) is 15.0 Å². The molecule has 2 aromatic rings. The van der Waals surface area contributed by atoms with Gasteiger partial charge in [-0.3, -0.25) is 0 Å². The highest BCUT2D eigenvalue weighted by Crippen LogP contribution is 2.31. The first-order valence-electron chi connectivity index (χ1n) is 5.00. The third kappa shape index (κ3) is 2.43. The van der Waals surface area contributed by atoms with E-state index in [0.717, 1.165) is 15.6 Å². The smallest absolute Gasteiger partial charge is 0.154 e. The molecule has 1 heterocycles. The fourth-order valence-corrected chi connectivity index (χ4v) is 2.66. The molecule has 1 N–H and O–H groups in total. The number of aryl methyl sites for hydroxylation is 2. The average Bonchev–Trinajstić information content (AvgIpc) is 2.61. The van der Waals surface area contributed by atoms with Gasteiger partial charge in [-0.1, -0.05) is 38.8 Å². The van der Waals surface area contributed by atoms with Crippen LogP contribution in [-0.2, 0) is 7.05 Å². The predicted molar refractivity (Wildman–Crippen MR) is 71.6 cm³/mol. The summed E-state index contributed by atoms with van der Waals surface area (Å²) in [5.41, 5.74) is 2.53. The molecule has 0 bridgehead atoms. The number of halogens is 2. The highest BCUT2D eigenvalue weighted by Gasteiger charge is 2.21. The van der Waals surface area contributed by atoms with E-state index < -0.39 is 6.10 Å². The number of hydrogen-bond donors (Lipinski definition) is 1. The minimum Gasteiger partial charge on any atom is -0.382 e. The molecule has 0 saturated carbocycles. The Hall–Kier alpha value is -0.720. The fourth-order valence-electron chi connectivity index (χ4n) is 1.65. The highest BCUT2D eigenvalue weighted by atomic mass is 79.9. The monoisotopic (exact) mass is 359 g/mol. The molecule has 6 heteroatoms. The molecule has 0 fully saturated rings. The van der Waals surface area contributed by atoms with Gasteiger partial charge in [-0.25, -0.2) is 4.68 Å². The van der Waals surface area contributed by atoms with Crippen molar-refractivity contribution >= 4 is 31.9 Å². The number of rotatable bonds is 2. The van der Waals surface area contributed by atoms with E-state index in [1.54, 1.807) is 11.7 Å². The molecule has 0 aliphatic rings. The lowest BCUT2D eigenvalue weighted by Gasteiger charge is -2.13. The van der Waals surface area contributed by atoms with Crippen molar-refractivity contribution in [3.05, 3.63) is 44.1 Å². The summed E-state index contributed by atoms with van der Waals surface area (Å²) >= 11 is 6.73. The maximum Gasteiger partial charge on any atom is 0.154 e. The third-order valence-electron chi connectivity index (χ3n) is 2.53. The quantitative estimate of drug-likeness (QED) is 0.895. The van der Waals surface area contributed by atoms with E-state index in [-0.39, 0.29) is 0 Å². The number of nitrogens with zero attached hydrogens (tertiary/aromatic N) is 3. The third-order valence-corrected chi connectivity index (χ3v) is 3.82. The minimum absolute atomic E-state index is 0.556. The lowest BCUT2D eigenvalue weighted by Crippen LogP contribution is -2.08. The zero-order chi connectivity index (χ0) is 12.6. The van der Waals surface area contributed by atoms with Crippen LogP contribution in [-0.4, -0.2) is 20.1 Å². The van der Waals surface area contributed by atoms with Crippen LogP contribution in [0.15, 0.2) is 27.3 Å². The van der Waals surface area contributed by atoms with E-state index in [0.29, 0.717) is 10.3 Å². The van der Waals surface area contributed by atoms with Crippen molar-refractivity contribution in [3.8, 4) is 0 Å². The van der Waals surface area contributed by atoms with Crippen LogP contribution in [0.1, 0.15) is 22.9 Å².